The van der Waals surface area contributed by atoms with Crippen LogP contribution < -0.4 is 5.32 Å². The van der Waals surface area contributed by atoms with E-state index in [1.54, 1.807) is 19.1 Å². The van der Waals surface area contributed by atoms with Gasteiger partial charge in [0, 0.05) is 5.69 Å². The third-order valence-corrected chi connectivity index (χ3v) is 4.91. The number of nitrogens with one attached hydrogen (secondary N) is 1. The summed E-state index contributed by atoms with van der Waals surface area (Å²) in [6, 6.07) is 3.21. The number of amides is 1. The number of nitrogens with zero attached hydrogens (tertiary/aromatic N) is 2. The van der Waals surface area contributed by atoms with Crippen molar-refractivity contribution in [1.29, 1.82) is 0 Å². The molecule has 2 N–H and O–H groups in total. The Morgan fingerprint density at radius 1 is 1.35 bits per heavy atom. The van der Waals surface area contributed by atoms with E-state index in [4.69, 9.17) is 0 Å². The first-order valence-electron chi connectivity index (χ1n) is 7.85. The van der Waals surface area contributed by atoms with Crippen LogP contribution in [-0.4, -0.2) is 20.8 Å². The SMILES string of the molecule is Cc1cc(O)c(C(C)C)cc1NC(=O)Cn1nc(C(F)(F)F)c(Br)c1C. The molecule has 5 nitrogen and oxygen atoms in total. The fourth-order valence-electron chi connectivity index (χ4n) is 2.49. The average Bonchev–Trinajstić information content (AvgIpc) is 2.78. The van der Waals surface area contributed by atoms with Gasteiger partial charge in [0.25, 0.3) is 0 Å². The van der Waals surface area contributed by atoms with E-state index in [0.717, 1.165) is 4.68 Å². The van der Waals surface area contributed by atoms with Gasteiger partial charge in [-0.3, -0.25) is 9.48 Å². The summed E-state index contributed by atoms with van der Waals surface area (Å²) in [5.41, 5.74) is 0.956. The highest BCUT2D eigenvalue weighted by Crippen LogP contribution is 2.35. The molecule has 2 aromatic rings. The molecule has 2 rings (SSSR count). The maximum atomic E-state index is 12.9. The minimum absolute atomic E-state index is 0.0462. The van der Waals surface area contributed by atoms with Gasteiger partial charge in [-0.15, -0.1) is 0 Å². The number of halogens is 4. The number of benzene rings is 1. The van der Waals surface area contributed by atoms with Crippen LogP contribution in [0.15, 0.2) is 16.6 Å². The molecule has 0 aliphatic heterocycles. The number of carbonyl (C=O) groups is 1. The van der Waals surface area contributed by atoms with Gasteiger partial charge >= 0.3 is 6.18 Å². The Morgan fingerprint density at radius 3 is 2.46 bits per heavy atom. The third kappa shape index (κ3) is 4.20. The van der Waals surface area contributed by atoms with Gasteiger partial charge in [0.2, 0.25) is 5.91 Å². The summed E-state index contributed by atoms with van der Waals surface area (Å²) in [6.45, 7) is 6.61. The molecular formula is C17H19BrF3N3O2. The molecule has 1 aromatic carbocycles. The van der Waals surface area contributed by atoms with Crippen molar-refractivity contribution in [3.63, 3.8) is 0 Å². The largest absolute Gasteiger partial charge is 0.508 e. The van der Waals surface area contributed by atoms with E-state index in [2.05, 4.69) is 26.3 Å². The van der Waals surface area contributed by atoms with Gasteiger partial charge in [-0.2, -0.15) is 18.3 Å². The minimum Gasteiger partial charge on any atom is -0.508 e. The summed E-state index contributed by atoms with van der Waals surface area (Å²) < 4.78 is 39.5. The van der Waals surface area contributed by atoms with E-state index in [1.807, 2.05) is 13.8 Å². The summed E-state index contributed by atoms with van der Waals surface area (Å²) in [5, 5.41) is 16.1. The molecule has 0 unspecified atom stereocenters. The summed E-state index contributed by atoms with van der Waals surface area (Å²) in [6.07, 6.45) is -4.61. The number of carbonyl (C=O) groups excluding carboxylic acids is 1. The van der Waals surface area contributed by atoms with Crippen molar-refractivity contribution in [2.45, 2.75) is 46.3 Å². The van der Waals surface area contributed by atoms with E-state index in [1.165, 1.54) is 6.92 Å². The number of aromatic hydroxyl groups is 1. The summed E-state index contributed by atoms with van der Waals surface area (Å²) >= 11 is 2.88. The fourth-order valence-corrected chi connectivity index (χ4v) is 3.00. The predicted molar refractivity (Wildman–Crippen MR) is 95.2 cm³/mol. The van der Waals surface area contributed by atoms with Crippen molar-refractivity contribution in [3.8, 4) is 5.75 Å². The van der Waals surface area contributed by atoms with Crippen molar-refractivity contribution < 1.29 is 23.1 Å². The number of phenolic OH excluding ortho intramolecular Hbond substituents is 1. The molecule has 26 heavy (non-hydrogen) atoms. The van der Waals surface area contributed by atoms with Crippen LogP contribution in [0.25, 0.3) is 0 Å². The summed E-state index contributed by atoms with van der Waals surface area (Å²) in [5.74, 6) is -0.331. The molecular weight excluding hydrogens is 415 g/mol. The van der Waals surface area contributed by atoms with E-state index in [0.29, 0.717) is 16.8 Å². The molecule has 0 bridgehead atoms. The maximum absolute atomic E-state index is 12.9. The van der Waals surface area contributed by atoms with Crippen LogP contribution in [0.4, 0.5) is 18.9 Å². The van der Waals surface area contributed by atoms with Crippen LogP contribution in [0, 0.1) is 13.8 Å². The molecule has 0 aliphatic carbocycles. The van der Waals surface area contributed by atoms with Gasteiger partial charge in [-0.05, 0) is 59.0 Å². The number of hydrogen-bond acceptors (Lipinski definition) is 3. The Bertz CT molecular complexity index is 845. The monoisotopic (exact) mass is 433 g/mol. The fraction of sp³-hybridized carbons (Fsp3) is 0.412. The zero-order valence-electron chi connectivity index (χ0n) is 14.7. The molecule has 9 heteroatoms. The molecule has 0 spiro atoms. The molecule has 0 saturated carbocycles. The topological polar surface area (TPSA) is 67.2 Å². The average molecular weight is 434 g/mol. The lowest BCUT2D eigenvalue weighted by Gasteiger charge is -2.15. The minimum atomic E-state index is -4.61. The van der Waals surface area contributed by atoms with Gasteiger partial charge in [0.1, 0.15) is 12.3 Å². The van der Waals surface area contributed by atoms with Crippen molar-refractivity contribution in [1.82, 2.24) is 9.78 Å². The third-order valence-electron chi connectivity index (χ3n) is 3.97. The number of aromatic nitrogens is 2. The van der Waals surface area contributed by atoms with Gasteiger partial charge in [0.05, 0.1) is 10.2 Å². The predicted octanol–water partition coefficient (Wildman–Crippen LogP) is 4.75. The lowest BCUT2D eigenvalue weighted by molar-refractivity contribution is -0.142. The normalized spacial score (nSPS) is 11.9. The maximum Gasteiger partial charge on any atom is 0.436 e. The Kier molecular flexibility index (Phi) is 5.70. The quantitative estimate of drug-likeness (QED) is 0.683. The zero-order chi connectivity index (χ0) is 19.8. The van der Waals surface area contributed by atoms with Crippen LogP contribution >= 0.6 is 15.9 Å². The van der Waals surface area contributed by atoms with Crippen molar-refractivity contribution >= 4 is 27.5 Å². The molecule has 0 saturated heterocycles. The molecule has 0 radical (unpaired) electrons. The number of anilines is 1. The van der Waals surface area contributed by atoms with E-state index in [-0.39, 0.29) is 28.4 Å². The molecule has 0 fully saturated rings. The summed E-state index contributed by atoms with van der Waals surface area (Å²) in [4.78, 5) is 12.3. The second-order valence-electron chi connectivity index (χ2n) is 6.33. The molecule has 1 amide bonds. The Morgan fingerprint density at radius 2 is 1.96 bits per heavy atom. The van der Waals surface area contributed by atoms with Gasteiger partial charge in [-0.1, -0.05) is 13.8 Å². The van der Waals surface area contributed by atoms with Crippen LogP contribution in [0.5, 0.6) is 5.75 Å². The van der Waals surface area contributed by atoms with Crippen molar-refractivity contribution in [2.24, 2.45) is 0 Å². The number of rotatable bonds is 4. The second-order valence-corrected chi connectivity index (χ2v) is 7.13. The molecule has 0 atom stereocenters. The van der Waals surface area contributed by atoms with E-state index in [9.17, 15) is 23.1 Å². The smallest absolute Gasteiger partial charge is 0.436 e. The van der Waals surface area contributed by atoms with Crippen molar-refractivity contribution in [3.05, 3.63) is 39.1 Å². The van der Waals surface area contributed by atoms with E-state index < -0.39 is 17.8 Å². The van der Waals surface area contributed by atoms with Gasteiger partial charge in [-0.25, -0.2) is 0 Å². The van der Waals surface area contributed by atoms with Gasteiger partial charge < -0.3 is 10.4 Å². The molecule has 0 aliphatic rings. The molecule has 1 aromatic heterocycles. The van der Waals surface area contributed by atoms with E-state index >= 15 is 0 Å². The summed E-state index contributed by atoms with van der Waals surface area (Å²) in [7, 11) is 0. The number of aryl methyl sites for hydroxylation is 1. The molecule has 142 valence electrons. The second kappa shape index (κ2) is 7.30. The number of hydrogen-bond donors (Lipinski definition) is 2. The zero-order valence-corrected chi connectivity index (χ0v) is 16.3. The van der Waals surface area contributed by atoms with Crippen molar-refractivity contribution in [2.75, 3.05) is 5.32 Å². The highest BCUT2D eigenvalue weighted by atomic mass is 79.9. The van der Waals surface area contributed by atoms with Gasteiger partial charge in [0.15, 0.2) is 5.69 Å². The number of alkyl halides is 3. The highest BCUT2D eigenvalue weighted by Gasteiger charge is 2.38. The van der Waals surface area contributed by atoms with Crippen LogP contribution in [0.1, 0.15) is 42.3 Å². The molecule has 1 heterocycles. The first kappa shape index (κ1) is 20.3. The Labute approximate surface area is 157 Å². The lowest BCUT2D eigenvalue weighted by atomic mass is 9.99. The first-order chi connectivity index (χ1) is 11.9. The Hall–Kier alpha value is -2.03. The lowest BCUT2D eigenvalue weighted by Crippen LogP contribution is -2.21. The first-order valence-corrected chi connectivity index (χ1v) is 8.64. The standard InChI is InChI=1S/C17H19BrF3N3O2/c1-8(2)11-6-12(9(3)5-13(11)25)22-14(26)7-24-10(4)15(18)16(23-24)17(19,20)21/h5-6,8,25H,7H2,1-4H3,(H,22,26). The van der Waals surface area contributed by atoms with Crippen LogP contribution in [0.2, 0.25) is 0 Å². The van der Waals surface area contributed by atoms with Crippen LogP contribution in [-0.2, 0) is 17.5 Å². The highest BCUT2D eigenvalue weighted by molar-refractivity contribution is 9.10. The number of phenols is 1. The Balaban J connectivity index is 2.24. The van der Waals surface area contributed by atoms with Crippen LogP contribution in [0.3, 0.4) is 0 Å².